The maximum Gasteiger partial charge on any atom is 0.282 e. The molecule has 0 aliphatic carbocycles. The van der Waals surface area contributed by atoms with Gasteiger partial charge in [0.1, 0.15) is 10.7 Å². The molecule has 3 heterocycles. The van der Waals surface area contributed by atoms with Crippen molar-refractivity contribution < 1.29 is 0 Å². The van der Waals surface area contributed by atoms with Gasteiger partial charge in [-0.3, -0.25) is 4.79 Å². The fourth-order valence-corrected chi connectivity index (χ4v) is 3.75. The molecule has 0 radical (unpaired) electrons. The number of thiophene rings is 2. The molecular weight excluding hydrogens is 346 g/mol. The van der Waals surface area contributed by atoms with Crippen LogP contribution in [0.2, 0.25) is 0 Å². The average Bonchev–Trinajstić information content (AvgIpc) is 2.98. The van der Waals surface area contributed by atoms with Gasteiger partial charge in [0.15, 0.2) is 0 Å². The lowest BCUT2D eigenvalue weighted by Gasteiger charge is -2.01. The van der Waals surface area contributed by atoms with Crippen LogP contribution in [0.1, 0.15) is 10.7 Å². The third-order valence-electron chi connectivity index (χ3n) is 2.53. The summed E-state index contributed by atoms with van der Waals surface area (Å²) in [6, 6.07) is 3.73. The van der Waals surface area contributed by atoms with Gasteiger partial charge in [0.25, 0.3) is 5.56 Å². The van der Waals surface area contributed by atoms with E-state index in [1.807, 2.05) is 16.8 Å². The highest BCUT2D eigenvalue weighted by Gasteiger charge is 2.07. The maximum absolute atomic E-state index is 12.2. The van der Waals surface area contributed by atoms with Gasteiger partial charge in [0, 0.05) is 14.7 Å². The maximum atomic E-state index is 12.2. The quantitative estimate of drug-likeness (QED) is 0.662. The van der Waals surface area contributed by atoms with Gasteiger partial charge in [-0.05, 0) is 40.4 Å². The molecule has 3 aromatic rings. The van der Waals surface area contributed by atoms with E-state index in [9.17, 15) is 4.79 Å². The van der Waals surface area contributed by atoms with Crippen LogP contribution in [-0.2, 0) is 0 Å². The fourth-order valence-electron chi connectivity index (χ4n) is 1.65. The summed E-state index contributed by atoms with van der Waals surface area (Å²) in [4.78, 5) is 18.4. The highest BCUT2D eigenvalue weighted by molar-refractivity contribution is 9.10. The van der Waals surface area contributed by atoms with Gasteiger partial charge in [-0.25, -0.2) is 4.98 Å². The van der Waals surface area contributed by atoms with Crippen molar-refractivity contribution in [1.82, 2.24) is 9.66 Å². The van der Waals surface area contributed by atoms with Crippen LogP contribution in [0.3, 0.4) is 0 Å². The molecule has 0 bridgehead atoms. The lowest BCUT2D eigenvalue weighted by molar-refractivity contribution is 0.772. The van der Waals surface area contributed by atoms with Crippen LogP contribution in [0.25, 0.3) is 10.2 Å². The molecule has 0 aliphatic rings. The van der Waals surface area contributed by atoms with Crippen molar-refractivity contribution in [2.45, 2.75) is 6.92 Å². The predicted octanol–water partition coefficient (Wildman–Crippen LogP) is 3.47. The van der Waals surface area contributed by atoms with Gasteiger partial charge >= 0.3 is 0 Å². The van der Waals surface area contributed by atoms with E-state index in [1.165, 1.54) is 16.0 Å². The lowest BCUT2D eigenvalue weighted by atomic mass is 10.4. The van der Waals surface area contributed by atoms with Crippen molar-refractivity contribution in [3.8, 4) is 0 Å². The van der Waals surface area contributed by atoms with Crippen LogP contribution in [-0.4, -0.2) is 15.9 Å². The summed E-state index contributed by atoms with van der Waals surface area (Å²) < 4.78 is 2.34. The first-order chi connectivity index (χ1) is 9.15. The molecular formula is C12H8BrN3OS2. The van der Waals surface area contributed by atoms with Crippen LogP contribution in [0, 0.1) is 6.92 Å². The van der Waals surface area contributed by atoms with Crippen LogP contribution >= 0.6 is 38.6 Å². The standard InChI is InChI=1S/C12H8BrN3OS2/c1-7-15-11-10(2-3-18-11)12(17)16(7)14-5-9-4-8(13)6-19-9/h2-6H,1H3/b14-5-. The Hall–Kier alpha value is -1.31. The largest absolute Gasteiger partial charge is 0.282 e. The van der Waals surface area contributed by atoms with Crippen LogP contribution in [0.4, 0.5) is 0 Å². The Labute approximate surface area is 125 Å². The first-order valence-corrected chi connectivity index (χ1v) is 7.95. The molecule has 0 amide bonds. The van der Waals surface area contributed by atoms with Crippen molar-refractivity contribution in [2.75, 3.05) is 0 Å². The Morgan fingerprint density at radius 3 is 3.05 bits per heavy atom. The molecule has 0 fully saturated rings. The van der Waals surface area contributed by atoms with Crippen LogP contribution < -0.4 is 5.56 Å². The number of aryl methyl sites for hydroxylation is 1. The van der Waals surface area contributed by atoms with Crippen molar-refractivity contribution in [3.05, 3.63) is 48.4 Å². The second-order valence-corrected chi connectivity index (χ2v) is 6.58. The number of rotatable bonds is 2. The molecule has 7 heteroatoms. The molecule has 0 atom stereocenters. The Kier molecular flexibility index (Phi) is 3.34. The second kappa shape index (κ2) is 4.99. The number of halogens is 1. The van der Waals surface area contributed by atoms with Gasteiger partial charge in [0.2, 0.25) is 0 Å². The normalized spacial score (nSPS) is 11.7. The van der Waals surface area contributed by atoms with Gasteiger partial charge in [-0.1, -0.05) is 0 Å². The first kappa shape index (κ1) is 12.7. The number of nitrogens with zero attached hydrogens (tertiary/aromatic N) is 3. The summed E-state index contributed by atoms with van der Waals surface area (Å²) in [7, 11) is 0. The van der Waals surface area contributed by atoms with Crippen molar-refractivity contribution >= 4 is 55.0 Å². The molecule has 0 aromatic carbocycles. The smallest absolute Gasteiger partial charge is 0.267 e. The van der Waals surface area contributed by atoms with E-state index in [4.69, 9.17) is 0 Å². The number of hydrogen-bond acceptors (Lipinski definition) is 5. The predicted molar refractivity (Wildman–Crippen MR) is 83.6 cm³/mol. The van der Waals surface area contributed by atoms with E-state index in [0.717, 1.165) is 14.2 Å². The Balaban J connectivity index is 2.09. The summed E-state index contributed by atoms with van der Waals surface area (Å²) in [6.07, 6.45) is 1.67. The summed E-state index contributed by atoms with van der Waals surface area (Å²) in [5, 5.41) is 8.67. The molecule has 0 aliphatic heterocycles. The third kappa shape index (κ3) is 2.41. The molecule has 3 aromatic heterocycles. The van der Waals surface area contributed by atoms with Crippen molar-refractivity contribution in [3.63, 3.8) is 0 Å². The fraction of sp³-hybridized carbons (Fsp3) is 0.0833. The van der Waals surface area contributed by atoms with Crippen molar-refractivity contribution in [2.24, 2.45) is 5.10 Å². The molecule has 3 rings (SSSR count). The third-order valence-corrected chi connectivity index (χ3v) is 4.96. The SMILES string of the molecule is Cc1nc2sccc2c(=O)n1/N=C\c1cc(Br)cs1. The molecule has 0 spiro atoms. The first-order valence-electron chi connectivity index (χ1n) is 5.40. The highest BCUT2D eigenvalue weighted by atomic mass is 79.9. The lowest BCUT2D eigenvalue weighted by Crippen LogP contribution is -2.19. The summed E-state index contributed by atoms with van der Waals surface area (Å²) in [6.45, 7) is 1.78. The van der Waals surface area contributed by atoms with Gasteiger partial charge in [0.05, 0.1) is 11.6 Å². The van der Waals surface area contributed by atoms with E-state index in [-0.39, 0.29) is 5.56 Å². The van der Waals surface area contributed by atoms with E-state index < -0.39 is 0 Å². The van der Waals surface area contributed by atoms with Crippen molar-refractivity contribution in [1.29, 1.82) is 0 Å². The minimum absolute atomic E-state index is 0.129. The zero-order valence-corrected chi connectivity index (χ0v) is 13.1. The molecule has 4 nitrogen and oxygen atoms in total. The number of fused-ring (bicyclic) bond motifs is 1. The minimum Gasteiger partial charge on any atom is -0.267 e. The van der Waals surface area contributed by atoms with Crippen LogP contribution in [0.15, 0.2) is 37.3 Å². The van der Waals surface area contributed by atoms with E-state index >= 15 is 0 Å². The van der Waals surface area contributed by atoms with Gasteiger partial charge in [-0.15, -0.1) is 22.7 Å². The Bertz CT molecular complexity index is 831. The topological polar surface area (TPSA) is 47.2 Å². The molecule has 0 saturated heterocycles. The summed E-state index contributed by atoms with van der Waals surface area (Å²) in [5.41, 5.74) is -0.129. The summed E-state index contributed by atoms with van der Waals surface area (Å²) >= 11 is 6.40. The number of hydrogen-bond donors (Lipinski definition) is 0. The molecule has 0 N–H and O–H groups in total. The second-order valence-electron chi connectivity index (χ2n) is 3.83. The zero-order valence-electron chi connectivity index (χ0n) is 9.83. The Morgan fingerprint density at radius 1 is 1.47 bits per heavy atom. The van der Waals surface area contributed by atoms with E-state index in [1.54, 1.807) is 30.5 Å². The number of aromatic nitrogens is 2. The highest BCUT2D eigenvalue weighted by Crippen LogP contribution is 2.18. The van der Waals surface area contributed by atoms with Crippen LogP contribution in [0.5, 0.6) is 0 Å². The molecule has 0 unspecified atom stereocenters. The van der Waals surface area contributed by atoms with E-state index in [0.29, 0.717) is 11.2 Å². The zero-order chi connectivity index (χ0) is 13.4. The molecule has 96 valence electrons. The van der Waals surface area contributed by atoms with E-state index in [2.05, 4.69) is 26.0 Å². The van der Waals surface area contributed by atoms with Gasteiger partial charge < -0.3 is 0 Å². The molecule has 0 saturated carbocycles. The molecule has 19 heavy (non-hydrogen) atoms. The Morgan fingerprint density at radius 2 is 2.32 bits per heavy atom. The summed E-state index contributed by atoms with van der Waals surface area (Å²) in [5.74, 6) is 0.590. The van der Waals surface area contributed by atoms with Gasteiger partial charge in [-0.2, -0.15) is 9.78 Å². The average molecular weight is 354 g/mol. The minimum atomic E-state index is -0.129. The monoisotopic (exact) mass is 353 g/mol.